The molecule has 0 atom stereocenters. The van der Waals surface area contributed by atoms with Crippen LogP contribution in [0.1, 0.15) is 29.2 Å². The number of rotatable bonds is 5. The third-order valence-corrected chi connectivity index (χ3v) is 4.57. The highest BCUT2D eigenvalue weighted by Crippen LogP contribution is 2.29. The van der Waals surface area contributed by atoms with Gasteiger partial charge in [0, 0.05) is 30.2 Å². The summed E-state index contributed by atoms with van der Waals surface area (Å²) in [6, 6.07) is 0. The fourth-order valence-corrected chi connectivity index (χ4v) is 3.11. The van der Waals surface area contributed by atoms with E-state index in [0.717, 1.165) is 30.4 Å². The number of hydrogen-bond acceptors (Lipinski definition) is 4. The normalized spacial score (nSPS) is 15.1. The van der Waals surface area contributed by atoms with Crippen LogP contribution < -0.4 is 5.32 Å². The Morgan fingerprint density at radius 3 is 2.84 bits per heavy atom. The van der Waals surface area contributed by atoms with Crippen molar-refractivity contribution in [3.8, 4) is 11.3 Å². The van der Waals surface area contributed by atoms with Crippen molar-refractivity contribution in [1.82, 2.24) is 20.1 Å². The minimum atomic E-state index is 0.888. The maximum absolute atomic E-state index is 4.74. The summed E-state index contributed by atoms with van der Waals surface area (Å²) in [5.74, 6) is 0.919. The fourth-order valence-electron chi connectivity index (χ4n) is 2.36. The second-order valence-electron chi connectivity index (χ2n) is 5.37. The Morgan fingerprint density at radius 2 is 2.21 bits per heavy atom. The van der Waals surface area contributed by atoms with E-state index in [9.17, 15) is 0 Å². The monoisotopic (exact) mass is 276 g/mol. The first-order valence-electron chi connectivity index (χ1n) is 6.81. The first-order valence-corrected chi connectivity index (χ1v) is 7.69. The Labute approximate surface area is 117 Å². The zero-order valence-corrected chi connectivity index (χ0v) is 12.5. The largest absolute Gasteiger partial charge is 0.310 e. The first-order chi connectivity index (χ1) is 9.15. The van der Waals surface area contributed by atoms with E-state index >= 15 is 0 Å². The number of nitrogens with zero attached hydrogens (tertiary/aromatic N) is 3. The maximum Gasteiger partial charge on any atom is 0.107 e. The molecule has 1 fully saturated rings. The molecule has 102 valence electrons. The van der Waals surface area contributed by atoms with Gasteiger partial charge in [-0.2, -0.15) is 5.10 Å². The Hall–Kier alpha value is -1.20. The van der Waals surface area contributed by atoms with Crippen molar-refractivity contribution >= 4 is 11.3 Å². The van der Waals surface area contributed by atoms with E-state index in [1.165, 1.54) is 29.1 Å². The molecule has 0 radical (unpaired) electrons. The second-order valence-corrected chi connectivity index (χ2v) is 6.31. The lowest BCUT2D eigenvalue weighted by atomic mass is 10.1. The number of aryl methyl sites for hydroxylation is 2. The molecule has 2 heterocycles. The molecule has 1 aliphatic carbocycles. The Morgan fingerprint density at radius 1 is 1.42 bits per heavy atom. The highest BCUT2D eigenvalue weighted by molar-refractivity contribution is 7.09. The summed E-state index contributed by atoms with van der Waals surface area (Å²) in [6.45, 7) is 6.17. The van der Waals surface area contributed by atoms with E-state index in [0.29, 0.717) is 0 Å². The lowest BCUT2D eigenvalue weighted by Gasteiger charge is -2.00. The van der Waals surface area contributed by atoms with Crippen LogP contribution in [-0.4, -0.2) is 21.3 Å². The van der Waals surface area contributed by atoms with E-state index in [-0.39, 0.29) is 0 Å². The van der Waals surface area contributed by atoms with Crippen LogP contribution in [0.15, 0.2) is 5.38 Å². The van der Waals surface area contributed by atoms with E-state index in [1.807, 2.05) is 18.7 Å². The fraction of sp³-hybridized carbons (Fsp3) is 0.571. The van der Waals surface area contributed by atoms with Crippen LogP contribution in [0.2, 0.25) is 0 Å². The van der Waals surface area contributed by atoms with Crippen molar-refractivity contribution < 1.29 is 0 Å². The van der Waals surface area contributed by atoms with Crippen LogP contribution in [0, 0.1) is 19.8 Å². The molecule has 0 bridgehead atoms. The number of aromatic nitrogens is 3. The molecule has 0 spiro atoms. The minimum Gasteiger partial charge on any atom is -0.310 e. The standard InChI is InChI=1S/C14H20N4S/c1-9-14(10(2)18(3)17-9)12-8-19-13(16-12)7-15-6-11-4-5-11/h8,11,15H,4-7H2,1-3H3. The van der Waals surface area contributed by atoms with Crippen LogP contribution in [0.4, 0.5) is 0 Å². The Kier molecular flexibility index (Phi) is 3.41. The van der Waals surface area contributed by atoms with E-state index in [1.54, 1.807) is 11.3 Å². The smallest absolute Gasteiger partial charge is 0.107 e. The summed E-state index contributed by atoms with van der Waals surface area (Å²) in [5.41, 5.74) is 4.49. The zero-order chi connectivity index (χ0) is 13.4. The highest BCUT2D eigenvalue weighted by atomic mass is 32.1. The number of nitrogens with one attached hydrogen (secondary N) is 1. The Balaban J connectivity index is 1.72. The number of hydrogen-bond donors (Lipinski definition) is 1. The summed E-state index contributed by atoms with van der Waals surface area (Å²) >= 11 is 1.73. The summed E-state index contributed by atoms with van der Waals surface area (Å²) in [5, 5.41) is 11.3. The molecule has 5 heteroatoms. The molecule has 3 rings (SSSR count). The maximum atomic E-state index is 4.74. The van der Waals surface area contributed by atoms with Gasteiger partial charge in [-0.1, -0.05) is 0 Å². The SMILES string of the molecule is Cc1nn(C)c(C)c1-c1csc(CNCC2CC2)n1. The minimum absolute atomic E-state index is 0.888. The van der Waals surface area contributed by atoms with Gasteiger partial charge >= 0.3 is 0 Å². The van der Waals surface area contributed by atoms with Crippen molar-refractivity contribution in [1.29, 1.82) is 0 Å². The van der Waals surface area contributed by atoms with Crippen molar-refractivity contribution in [2.45, 2.75) is 33.2 Å². The summed E-state index contributed by atoms with van der Waals surface area (Å²) in [4.78, 5) is 4.74. The van der Waals surface area contributed by atoms with Crippen molar-refractivity contribution in [2.24, 2.45) is 13.0 Å². The topological polar surface area (TPSA) is 42.7 Å². The van der Waals surface area contributed by atoms with Crippen molar-refractivity contribution in [3.63, 3.8) is 0 Å². The van der Waals surface area contributed by atoms with Crippen molar-refractivity contribution in [2.75, 3.05) is 6.54 Å². The lowest BCUT2D eigenvalue weighted by molar-refractivity contribution is 0.637. The second kappa shape index (κ2) is 5.06. The van der Waals surface area contributed by atoms with E-state index in [4.69, 9.17) is 4.98 Å². The van der Waals surface area contributed by atoms with Gasteiger partial charge in [0.15, 0.2) is 0 Å². The van der Waals surface area contributed by atoms with Gasteiger partial charge in [-0.25, -0.2) is 4.98 Å². The zero-order valence-electron chi connectivity index (χ0n) is 11.7. The molecule has 1 aliphatic rings. The molecule has 0 unspecified atom stereocenters. The van der Waals surface area contributed by atoms with Gasteiger partial charge in [0.2, 0.25) is 0 Å². The average molecular weight is 276 g/mol. The quantitative estimate of drug-likeness (QED) is 0.913. The van der Waals surface area contributed by atoms with Crippen LogP contribution in [0.5, 0.6) is 0 Å². The molecule has 0 aromatic carbocycles. The lowest BCUT2D eigenvalue weighted by Crippen LogP contribution is -2.15. The highest BCUT2D eigenvalue weighted by Gasteiger charge is 2.20. The third kappa shape index (κ3) is 2.72. The van der Waals surface area contributed by atoms with Crippen LogP contribution in [0.25, 0.3) is 11.3 Å². The van der Waals surface area contributed by atoms with Crippen LogP contribution in [-0.2, 0) is 13.6 Å². The Bertz CT molecular complexity index is 580. The van der Waals surface area contributed by atoms with E-state index in [2.05, 4.69) is 22.7 Å². The summed E-state index contributed by atoms with van der Waals surface area (Å²) in [6.07, 6.45) is 2.79. The van der Waals surface area contributed by atoms with Gasteiger partial charge in [-0.05, 0) is 39.2 Å². The van der Waals surface area contributed by atoms with Gasteiger partial charge in [0.1, 0.15) is 5.01 Å². The number of thiazole rings is 1. The molecular formula is C14H20N4S. The van der Waals surface area contributed by atoms with Gasteiger partial charge < -0.3 is 5.32 Å². The van der Waals surface area contributed by atoms with Crippen LogP contribution >= 0.6 is 11.3 Å². The van der Waals surface area contributed by atoms with Crippen LogP contribution in [0.3, 0.4) is 0 Å². The molecule has 0 aliphatic heterocycles. The first kappa shape index (κ1) is 12.8. The van der Waals surface area contributed by atoms with E-state index < -0.39 is 0 Å². The molecule has 0 amide bonds. The van der Waals surface area contributed by atoms with Gasteiger partial charge in [0.05, 0.1) is 11.4 Å². The molecule has 1 N–H and O–H groups in total. The average Bonchev–Trinajstić information content (AvgIpc) is 3.01. The predicted molar refractivity (Wildman–Crippen MR) is 78.2 cm³/mol. The predicted octanol–water partition coefficient (Wildman–Crippen LogP) is 2.66. The van der Waals surface area contributed by atoms with Gasteiger partial charge in [-0.3, -0.25) is 4.68 Å². The van der Waals surface area contributed by atoms with Gasteiger partial charge in [0.25, 0.3) is 0 Å². The summed E-state index contributed by atoms with van der Waals surface area (Å²) in [7, 11) is 1.98. The van der Waals surface area contributed by atoms with Crippen molar-refractivity contribution in [3.05, 3.63) is 21.8 Å². The molecule has 19 heavy (non-hydrogen) atoms. The van der Waals surface area contributed by atoms with Gasteiger partial charge in [-0.15, -0.1) is 11.3 Å². The summed E-state index contributed by atoms with van der Waals surface area (Å²) < 4.78 is 1.93. The molecule has 2 aromatic heterocycles. The third-order valence-electron chi connectivity index (χ3n) is 3.72. The molecule has 0 saturated heterocycles. The molecule has 1 saturated carbocycles. The molecule has 4 nitrogen and oxygen atoms in total. The molecule has 2 aromatic rings. The molecular weight excluding hydrogens is 256 g/mol.